The van der Waals surface area contributed by atoms with Crippen LogP contribution in [-0.2, 0) is 6.54 Å². The van der Waals surface area contributed by atoms with Gasteiger partial charge in [-0.25, -0.2) is 0 Å². The van der Waals surface area contributed by atoms with Crippen LogP contribution in [0.25, 0.3) is 0 Å². The minimum Gasteiger partial charge on any atom is -0.365 e. The number of carbonyl (C=O) groups is 1. The zero-order valence-electron chi connectivity index (χ0n) is 13.4. The van der Waals surface area contributed by atoms with E-state index in [4.69, 9.17) is 0 Å². The van der Waals surface area contributed by atoms with E-state index >= 15 is 0 Å². The summed E-state index contributed by atoms with van der Waals surface area (Å²) >= 11 is 0. The predicted molar refractivity (Wildman–Crippen MR) is 94.9 cm³/mol. The van der Waals surface area contributed by atoms with E-state index in [2.05, 4.69) is 20.8 Å². The van der Waals surface area contributed by atoms with Crippen molar-refractivity contribution in [1.82, 2.24) is 10.2 Å². The average Bonchev–Trinajstić information content (AvgIpc) is 2.62. The van der Waals surface area contributed by atoms with Gasteiger partial charge in [-0.1, -0.05) is 48.0 Å². The lowest BCUT2D eigenvalue weighted by atomic mass is 10.1. The lowest BCUT2D eigenvalue weighted by molar-refractivity contribution is 0.102. The smallest absolute Gasteiger partial charge is 0.256 e. The van der Waals surface area contributed by atoms with Crippen LogP contribution in [0.5, 0.6) is 0 Å². The lowest BCUT2D eigenvalue weighted by Crippen LogP contribution is -2.13. The largest absolute Gasteiger partial charge is 0.365 e. The van der Waals surface area contributed by atoms with E-state index in [1.54, 1.807) is 24.3 Å². The van der Waals surface area contributed by atoms with Crippen molar-refractivity contribution in [2.75, 3.05) is 10.6 Å². The lowest BCUT2D eigenvalue weighted by Gasteiger charge is -2.07. The minimum atomic E-state index is -0.200. The Kier molecular flexibility index (Phi) is 4.81. The topological polar surface area (TPSA) is 66.9 Å². The van der Waals surface area contributed by atoms with Crippen LogP contribution < -0.4 is 10.6 Å². The van der Waals surface area contributed by atoms with Crippen LogP contribution >= 0.6 is 0 Å². The highest BCUT2D eigenvalue weighted by atomic mass is 16.1. The molecule has 1 amide bonds. The van der Waals surface area contributed by atoms with E-state index in [1.807, 2.05) is 49.4 Å². The van der Waals surface area contributed by atoms with E-state index in [0.29, 0.717) is 23.7 Å². The average molecular weight is 318 g/mol. The third-order valence-corrected chi connectivity index (χ3v) is 3.54. The van der Waals surface area contributed by atoms with Gasteiger partial charge in [-0.15, -0.1) is 10.2 Å². The van der Waals surface area contributed by atoms with Gasteiger partial charge in [0.2, 0.25) is 0 Å². The van der Waals surface area contributed by atoms with Crippen molar-refractivity contribution in [3.05, 3.63) is 83.4 Å². The van der Waals surface area contributed by atoms with Crippen LogP contribution in [0.4, 0.5) is 11.6 Å². The molecule has 1 heterocycles. The zero-order valence-corrected chi connectivity index (χ0v) is 13.4. The number of hydrogen-bond acceptors (Lipinski definition) is 4. The van der Waals surface area contributed by atoms with Gasteiger partial charge in [0.1, 0.15) is 5.82 Å². The van der Waals surface area contributed by atoms with Gasteiger partial charge in [0.05, 0.1) is 0 Å². The number of aromatic nitrogens is 2. The Labute approximate surface area is 140 Å². The standard InChI is InChI=1S/C19H18N4O/c1-14-7-9-16(10-8-14)19(24)21-18-12-11-17(22-23-18)20-13-15-5-3-2-4-6-15/h2-12H,13H2,1H3,(H,20,22)(H,21,23,24). The Hall–Kier alpha value is -3.21. The van der Waals surface area contributed by atoms with Gasteiger partial charge in [0, 0.05) is 12.1 Å². The fourth-order valence-corrected chi connectivity index (χ4v) is 2.18. The number of benzene rings is 2. The zero-order chi connectivity index (χ0) is 16.8. The molecule has 3 rings (SSSR count). The summed E-state index contributed by atoms with van der Waals surface area (Å²) in [6.45, 7) is 2.65. The number of aryl methyl sites for hydroxylation is 1. The number of nitrogens with one attached hydrogen (secondary N) is 2. The summed E-state index contributed by atoms with van der Waals surface area (Å²) < 4.78 is 0. The number of anilines is 2. The number of nitrogens with zero attached hydrogens (tertiary/aromatic N) is 2. The van der Waals surface area contributed by atoms with Crippen molar-refractivity contribution >= 4 is 17.5 Å². The van der Waals surface area contributed by atoms with Crippen LogP contribution in [0.2, 0.25) is 0 Å². The van der Waals surface area contributed by atoms with Crippen LogP contribution in [-0.4, -0.2) is 16.1 Å². The van der Waals surface area contributed by atoms with Crippen LogP contribution in [0.1, 0.15) is 21.5 Å². The minimum absolute atomic E-state index is 0.200. The van der Waals surface area contributed by atoms with Gasteiger partial charge in [0.15, 0.2) is 5.82 Å². The summed E-state index contributed by atoms with van der Waals surface area (Å²) in [6, 6.07) is 20.9. The Bertz CT molecular complexity index is 799. The van der Waals surface area contributed by atoms with Gasteiger partial charge >= 0.3 is 0 Å². The second-order valence-corrected chi connectivity index (χ2v) is 5.46. The quantitative estimate of drug-likeness (QED) is 0.753. The van der Waals surface area contributed by atoms with Crippen molar-refractivity contribution in [3.63, 3.8) is 0 Å². The highest BCUT2D eigenvalue weighted by Crippen LogP contribution is 2.10. The number of carbonyl (C=O) groups excluding carboxylic acids is 1. The molecule has 2 aromatic carbocycles. The second-order valence-electron chi connectivity index (χ2n) is 5.46. The Morgan fingerprint density at radius 3 is 2.21 bits per heavy atom. The molecular weight excluding hydrogens is 300 g/mol. The molecule has 0 unspecified atom stereocenters. The van der Waals surface area contributed by atoms with Gasteiger partial charge in [-0.2, -0.15) is 0 Å². The highest BCUT2D eigenvalue weighted by molar-refractivity contribution is 6.03. The molecule has 24 heavy (non-hydrogen) atoms. The van der Waals surface area contributed by atoms with E-state index in [9.17, 15) is 4.79 Å². The molecule has 2 N–H and O–H groups in total. The summed E-state index contributed by atoms with van der Waals surface area (Å²) in [6.07, 6.45) is 0. The molecule has 1 aromatic heterocycles. The van der Waals surface area contributed by atoms with Crippen LogP contribution in [0, 0.1) is 6.92 Å². The maximum absolute atomic E-state index is 12.1. The van der Waals surface area contributed by atoms with Crippen molar-refractivity contribution in [2.24, 2.45) is 0 Å². The fraction of sp³-hybridized carbons (Fsp3) is 0.105. The summed E-state index contributed by atoms with van der Waals surface area (Å²) in [5.41, 5.74) is 2.87. The molecule has 0 bridgehead atoms. The molecule has 0 aliphatic heterocycles. The van der Waals surface area contributed by atoms with E-state index in [-0.39, 0.29) is 5.91 Å². The van der Waals surface area contributed by atoms with Gasteiger partial charge < -0.3 is 10.6 Å². The fourth-order valence-electron chi connectivity index (χ4n) is 2.18. The summed E-state index contributed by atoms with van der Waals surface area (Å²) in [7, 11) is 0. The Morgan fingerprint density at radius 1 is 0.875 bits per heavy atom. The molecule has 3 aromatic rings. The first kappa shape index (κ1) is 15.7. The first-order valence-electron chi connectivity index (χ1n) is 7.70. The molecular formula is C19H18N4O. The monoisotopic (exact) mass is 318 g/mol. The molecule has 0 aliphatic carbocycles. The van der Waals surface area contributed by atoms with Crippen molar-refractivity contribution in [2.45, 2.75) is 13.5 Å². The van der Waals surface area contributed by atoms with E-state index < -0.39 is 0 Å². The first-order valence-corrected chi connectivity index (χ1v) is 7.70. The maximum Gasteiger partial charge on any atom is 0.256 e. The molecule has 5 heteroatoms. The highest BCUT2D eigenvalue weighted by Gasteiger charge is 2.07. The maximum atomic E-state index is 12.1. The molecule has 0 saturated carbocycles. The molecule has 0 spiro atoms. The van der Waals surface area contributed by atoms with E-state index in [1.165, 1.54) is 0 Å². The van der Waals surface area contributed by atoms with Crippen molar-refractivity contribution < 1.29 is 4.79 Å². The van der Waals surface area contributed by atoms with Crippen molar-refractivity contribution in [1.29, 1.82) is 0 Å². The van der Waals surface area contributed by atoms with Gasteiger partial charge in [0.25, 0.3) is 5.91 Å². The third-order valence-electron chi connectivity index (χ3n) is 3.54. The molecule has 0 fully saturated rings. The predicted octanol–water partition coefficient (Wildman–Crippen LogP) is 3.65. The molecule has 0 aliphatic rings. The van der Waals surface area contributed by atoms with Crippen LogP contribution in [0.15, 0.2) is 66.7 Å². The summed E-state index contributed by atoms with van der Waals surface area (Å²) in [4.78, 5) is 12.1. The Morgan fingerprint density at radius 2 is 1.54 bits per heavy atom. The second kappa shape index (κ2) is 7.37. The summed E-state index contributed by atoms with van der Waals surface area (Å²) in [5, 5.41) is 14.0. The normalized spacial score (nSPS) is 10.2. The Balaban J connectivity index is 1.58. The molecule has 0 radical (unpaired) electrons. The van der Waals surface area contributed by atoms with Crippen LogP contribution in [0.3, 0.4) is 0 Å². The van der Waals surface area contributed by atoms with Crippen molar-refractivity contribution in [3.8, 4) is 0 Å². The number of rotatable bonds is 5. The van der Waals surface area contributed by atoms with Gasteiger partial charge in [-0.3, -0.25) is 4.79 Å². The molecule has 0 atom stereocenters. The first-order chi connectivity index (χ1) is 11.7. The van der Waals surface area contributed by atoms with E-state index in [0.717, 1.165) is 11.1 Å². The summed E-state index contributed by atoms with van der Waals surface area (Å²) in [5.74, 6) is 0.882. The molecule has 5 nitrogen and oxygen atoms in total. The third kappa shape index (κ3) is 4.16. The molecule has 120 valence electrons. The molecule has 0 saturated heterocycles. The number of hydrogen-bond donors (Lipinski definition) is 2. The SMILES string of the molecule is Cc1ccc(C(=O)Nc2ccc(NCc3ccccc3)nn2)cc1. The van der Waals surface area contributed by atoms with Gasteiger partial charge in [-0.05, 0) is 36.8 Å². The number of amides is 1.